The highest BCUT2D eigenvalue weighted by atomic mass is 15.0. The molecule has 5 aliphatic rings. The van der Waals surface area contributed by atoms with E-state index in [9.17, 15) is 0 Å². The molecule has 0 amide bonds. The van der Waals surface area contributed by atoms with Gasteiger partial charge in [-0.15, -0.1) is 0 Å². The van der Waals surface area contributed by atoms with Gasteiger partial charge in [0.25, 0.3) is 0 Å². The molecular weight excluding hydrogens is 781 g/mol. The number of nitrogens with zero attached hydrogens (tertiary/aromatic N) is 6. The Bertz CT molecular complexity index is 3060. The van der Waals surface area contributed by atoms with Crippen LogP contribution >= 0.6 is 0 Å². The van der Waals surface area contributed by atoms with E-state index in [1.807, 2.05) is 48.5 Å². The summed E-state index contributed by atoms with van der Waals surface area (Å²) in [5.41, 5.74) is 13.8. The van der Waals surface area contributed by atoms with Crippen molar-refractivity contribution in [1.82, 2.24) is 29.9 Å². The normalized spacial score (nSPS) is 21.2. The summed E-state index contributed by atoms with van der Waals surface area (Å²) in [6.45, 7) is 0. The van der Waals surface area contributed by atoms with Gasteiger partial charge >= 0.3 is 0 Å². The molecule has 0 N–H and O–H groups in total. The summed E-state index contributed by atoms with van der Waals surface area (Å²) in [5, 5.41) is 0. The summed E-state index contributed by atoms with van der Waals surface area (Å²) >= 11 is 0. The Balaban J connectivity index is 0.998. The first-order chi connectivity index (χ1) is 31.7. The largest absolute Gasteiger partial charge is 0.208 e. The maximum absolute atomic E-state index is 5.34. The number of hydrogen-bond donors (Lipinski definition) is 0. The Hall–Kier alpha value is -7.44. The molecule has 2 heterocycles. The van der Waals surface area contributed by atoms with Crippen LogP contribution in [0.4, 0.5) is 0 Å². The van der Waals surface area contributed by atoms with Crippen LogP contribution in [0.5, 0.6) is 0 Å². The molecule has 4 fully saturated rings. The smallest absolute Gasteiger partial charge is 0.164 e. The number of rotatable bonds is 7. The molecule has 2 aromatic heterocycles. The van der Waals surface area contributed by atoms with Gasteiger partial charge in [0.2, 0.25) is 0 Å². The van der Waals surface area contributed by atoms with Gasteiger partial charge in [0, 0.05) is 38.8 Å². The molecule has 14 rings (SSSR count). The minimum absolute atomic E-state index is 0.0475. The summed E-state index contributed by atoms with van der Waals surface area (Å²) < 4.78 is 0. The van der Waals surface area contributed by atoms with Crippen LogP contribution in [0.3, 0.4) is 0 Å². The van der Waals surface area contributed by atoms with Crippen LogP contribution in [0.1, 0.15) is 43.2 Å². The molecule has 5 aliphatic carbocycles. The van der Waals surface area contributed by atoms with Gasteiger partial charge in [0.1, 0.15) is 0 Å². The van der Waals surface area contributed by atoms with Crippen LogP contribution in [0, 0.1) is 23.7 Å². The van der Waals surface area contributed by atoms with Gasteiger partial charge in [0.15, 0.2) is 34.9 Å². The van der Waals surface area contributed by atoms with Crippen molar-refractivity contribution < 1.29 is 0 Å². The van der Waals surface area contributed by atoms with E-state index in [0.29, 0.717) is 46.8 Å². The molecule has 0 atom stereocenters. The molecule has 306 valence electrons. The highest BCUT2D eigenvalue weighted by Crippen LogP contribution is 2.70. The lowest BCUT2D eigenvalue weighted by molar-refractivity contribution is -0.0399. The van der Waals surface area contributed by atoms with Gasteiger partial charge in [-0.2, -0.15) is 0 Å². The van der Waals surface area contributed by atoms with E-state index in [-0.39, 0.29) is 5.41 Å². The van der Waals surface area contributed by atoms with Crippen molar-refractivity contribution in [3.05, 3.63) is 193 Å². The topological polar surface area (TPSA) is 77.3 Å². The lowest BCUT2D eigenvalue weighted by Crippen LogP contribution is -2.55. The van der Waals surface area contributed by atoms with Crippen molar-refractivity contribution >= 4 is 0 Å². The van der Waals surface area contributed by atoms with E-state index in [0.717, 1.165) is 50.8 Å². The first-order valence-corrected chi connectivity index (χ1v) is 22.8. The minimum Gasteiger partial charge on any atom is -0.208 e. The van der Waals surface area contributed by atoms with Gasteiger partial charge in [-0.1, -0.05) is 182 Å². The van der Waals surface area contributed by atoms with Gasteiger partial charge in [-0.3, -0.25) is 0 Å². The SMILES string of the molecule is c1ccc(-c2nc(-c3ccccc3)nc(-c3ccc(-c4cccc5c4-c4c(-c6nc(-c7ccccc7)nc(-c7ccccc7)n6)cccc4C54C5CC6CC(C5)CC4C6)cc3)n2)cc1. The second-order valence-electron chi connectivity index (χ2n) is 18.3. The van der Waals surface area contributed by atoms with Crippen LogP contribution in [0.2, 0.25) is 0 Å². The van der Waals surface area contributed by atoms with Crippen molar-refractivity contribution in [2.75, 3.05) is 0 Å². The summed E-state index contributed by atoms with van der Waals surface area (Å²) in [7, 11) is 0. The van der Waals surface area contributed by atoms with Crippen molar-refractivity contribution in [1.29, 1.82) is 0 Å². The number of hydrogen-bond acceptors (Lipinski definition) is 6. The molecular formula is C58H44N6. The quantitative estimate of drug-likeness (QED) is 0.159. The lowest BCUT2D eigenvalue weighted by Gasteiger charge is -2.61. The van der Waals surface area contributed by atoms with Crippen LogP contribution < -0.4 is 0 Å². The highest BCUT2D eigenvalue weighted by molar-refractivity contribution is 5.99. The lowest BCUT2D eigenvalue weighted by atomic mass is 9.43. The molecule has 9 aromatic rings. The van der Waals surface area contributed by atoms with Crippen LogP contribution in [0.15, 0.2) is 182 Å². The van der Waals surface area contributed by atoms with Gasteiger partial charge in [-0.25, -0.2) is 29.9 Å². The van der Waals surface area contributed by atoms with Crippen molar-refractivity contribution in [3.8, 4) is 90.6 Å². The second-order valence-corrected chi connectivity index (χ2v) is 18.3. The van der Waals surface area contributed by atoms with E-state index < -0.39 is 0 Å². The third-order valence-corrected chi connectivity index (χ3v) is 14.8. The van der Waals surface area contributed by atoms with Gasteiger partial charge < -0.3 is 0 Å². The fraction of sp³-hybridized carbons (Fsp3) is 0.172. The average Bonchev–Trinajstić information content (AvgIpc) is 3.67. The Morgan fingerprint density at radius 1 is 0.281 bits per heavy atom. The third kappa shape index (κ3) is 5.92. The molecule has 0 saturated heterocycles. The van der Waals surface area contributed by atoms with E-state index in [2.05, 4.69) is 133 Å². The summed E-state index contributed by atoms with van der Waals surface area (Å²) in [6.07, 6.45) is 6.63. The van der Waals surface area contributed by atoms with E-state index in [1.54, 1.807) is 0 Å². The van der Waals surface area contributed by atoms with Crippen molar-refractivity contribution in [2.24, 2.45) is 23.7 Å². The zero-order chi connectivity index (χ0) is 42.2. The standard InChI is InChI=1S/C58H44N6/c1-5-15-39(16-6-1)52-59-53(40-17-7-2-8-18-40)61-56(60-52)43-29-27-38(28-30-43)46-23-13-25-48-50(46)51-47(24-14-26-49(51)58(48)44-32-36-31-37(34-44)35-45(58)33-36)57-63-54(41-19-9-3-10-20-41)62-55(64-57)42-21-11-4-12-22-42/h1-30,36-37,44-45H,31-35H2. The molecule has 4 bridgehead atoms. The molecule has 4 saturated carbocycles. The third-order valence-electron chi connectivity index (χ3n) is 14.8. The van der Waals surface area contributed by atoms with Crippen LogP contribution in [-0.4, -0.2) is 29.9 Å². The van der Waals surface area contributed by atoms with Crippen molar-refractivity contribution in [3.63, 3.8) is 0 Å². The molecule has 6 nitrogen and oxygen atoms in total. The molecule has 64 heavy (non-hydrogen) atoms. The minimum atomic E-state index is -0.0475. The predicted molar refractivity (Wildman–Crippen MR) is 255 cm³/mol. The van der Waals surface area contributed by atoms with E-state index in [4.69, 9.17) is 29.9 Å². The van der Waals surface area contributed by atoms with Crippen LogP contribution in [-0.2, 0) is 5.41 Å². The zero-order valence-corrected chi connectivity index (χ0v) is 35.3. The molecule has 0 aliphatic heterocycles. The molecule has 6 heteroatoms. The molecule has 7 aromatic carbocycles. The summed E-state index contributed by atoms with van der Waals surface area (Å²) in [6, 6.07) is 64.0. The predicted octanol–water partition coefficient (Wildman–Crippen LogP) is 13.4. The maximum Gasteiger partial charge on any atom is 0.164 e. The maximum atomic E-state index is 5.34. The molecule has 0 unspecified atom stereocenters. The number of aromatic nitrogens is 6. The zero-order valence-electron chi connectivity index (χ0n) is 35.3. The van der Waals surface area contributed by atoms with Gasteiger partial charge in [-0.05, 0) is 89.2 Å². The number of fused-ring (bicyclic) bond motifs is 3. The Kier molecular flexibility index (Phi) is 8.61. The monoisotopic (exact) mass is 824 g/mol. The first-order valence-electron chi connectivity index (χ1n) is 22.8. The average molecular weight is 825 g/mol. The highest BCUT2D eigenvalue weighted by Gasteiger charge is 2.62. The summed E-state index contributed by atoms with van der Waals surface area (Å²) in [5.74, 6) is 6.92. The summed E-state index contributed by atoms with van der Waals surface area (Å²) in [4.78, 5) is 30.8. The van der Waals surface area contributed by atoms with Gasteiger partial charge in [0.05, 0.1) is 0 Å². The fourth-order valence-electron chi connectivity index (χ4n) is 12.4. The molecule has 0 radical (unpaired) electrons. The Morgan fingerprint density at radius 2 is 0.609 bits per heavy atom. The van der Waals surface area contributed by atoms with E-state index in [1.165, 1.54) is 59.9 Å². The Labute approximate surface area is 373 Å². The first kappa shape index (κ1) is 37.1. The molecule has 1 spiro atoms. The van der Waals surface area contributed by atoms with Crippen LogP contribution in [0.25, 0.3) is 90.6 Å². The van der Waals surface area contributed by atoms with Crippen molar-refractivity contribution in [2.45, 2.75) is 37.5 Å². The number of benzene rings is 7. The fourth-order valence-corrected chi connectivity index (χ4v) is 12.4. The second kappa shape index (κ2) is 14.8. The van der Waals surface area contributed by atoms with E-state index >= 15 is 0 Å². The Morgan fingerprint density at radius 3 is 1.02 bits per heavy atom.